The number of furan rings is 1. The maximum atomic E-state index is 11.8. The number of nitrogens with one attached hydrogen (secondary N) is 1. The van der Waals surface area contributed by atoms with Crippen LogP contribution >= 0.6 is 11.3 Å². The zero-order valence-corrected chi connectivity index (χ0v) is 12.0. The standard InChI is InChI=1S/C14H16N2O2S/c1-4-11-5-6-13(19-11)9(2)15-16-14(17)12-7-8-18-10(12)3/h5-8H,4H2,1-3H3,(H,16,17)/b15-9+. The van der Waals surface area contributed by atoms with Crippen molar-refractivity contribution in [2.75, 3.05) is 0 Å². The molecule has 0 saturated carbocycles. The van der Waals surface area contributed by atoms with Crippen molar-refractivity contribution in [3.8, 4) is 0 Å². The summed E-state index contributed by atoms with van der Waals surface area (Å²) in [6.45, 7) is 5.75. The van der Waals surface area contributed by atoms with Crippen LogP contribution in [0.2, 0.25) is 0 Å². The van der Waals surface area contributed by atoms with E-state index in [4.69, 9.17) is 4.42 Å². The monoisotopic (exact) mass is 276 g/mol. The molecule has 0 spiro atoms. The van der Waals surface area contributed by atoms with Gasteiger partial charge in [-0.25, -0.2) is 5.43 Å². The average Bonchev–Trinajstić information content (AvgIpc) is 3.03. The Morgan fingerprint density at radius 1 is 1.42 bits per heavy atom. The third-order valence-electron chi connectivity index (χ3n) is 2.80. The Hall–Kier alpha value is -1.88. The zero-order chi connectivity index (χ0) is 13.8. The van der Waals surface area contributed by atoms with Gasteiger partial charge in [-0.1, -0.05) is 6.92 Å². The molecule has 0 saturated heterocycles. The Balaban J connectivity index is 2.06. The summed E-state index contributed by atoms with van der Waals surface area (Å²) in [6.07, 6.45) is 2.51. The van der Waals surface area contributed by atoms with Gasteiger partial charge in [0.25, 0.3) is 5.91 Å². The summed E-state index contributed by atoms with van der Waals surface area (Å²) in [6, 6.07) is 5.74. The van der Waals surface area contributed by atoms with Crippen LogP contribution in [0.25, 0.3) is 0 Å². The van der Waals surface area contributed by atoms with Gasteiger partial charge in [-0.15, -0.1) is 11.3 Å². The van der Waals surface area contributed by atoms with Crippen molar-refractivity contribution in [2.24, 2.45) is 5.10 Å². The molecule has 0 atom stereocenters. The summed E-state index contributed by atoms with van der Waals surface area (Å²) in [7, 11) is 0. The Labute approximate surface area is 116 Å². The molecule has 0 fully saturated rings. The highest BCUT2D eigenvalue weighted by Gasteiger charge is 2.10. The molecular weight excluding hydrogens is 260 g/mol. The van der Waals surface area contributed by atoms with Crippen LogP contribution in [0.3, 0.4) is 0 Å². The van der Waals surface area contributed by atoms with Crippen molar-refractivity contribution < 1.29 is 9.21 Å². The minimum Gasteiger partial charge on any atom is -0.469 e. The van der Waals surface area contributed by atoms with Crippen LogP contribution in [-0.4, -0.2) is 11.6 Å². The molecular formula is C14H16N2O2S. The number of hydrazone groups is 1. The first-order valence-electron chi connectivity index (χ1n) is 6.09. The molecule has 19 heavy (non-hydrogen) atoms. The fourth-order valence-corrected chi connectivity index (χ4v) is 2.53. The Bertz CT molecular complexity index is 610. The lowest BCUT2D eigenvalue weighted by Gasteiger charge is -2.00. The van der Waals surface area contributed by atoms with Crippen LogP contribution in [-0.2, 0) is 6.42 Å². The highest BCUT2D eigenvalue weighted by Crippen LogP contribution is 2.17. The number of carbonyl (C=O) groups is 1. The minimum absolute atomic E-state index is 0.252. The second-order valence-electron chi connectivity index (χ2n) is 4.15. The number of rotatable bonds is 4. The topological polar surface area (TPSA) is 54.6 Å². The van der Waals surface area contributed by atoms with Gasteiger partial charge >= 0.3 is 0 Å². The molecule has 4 nitrogen and oxygen atoms in total. The lowest BCUT2D eigenvalue weighted by atomic mass is 10.2. The van der Waals surface area contributed by atoms with Gasteiger partial charge in [0.05, 0.1) is 22.4 Å². The van der Waals surface area contributed by atoms with Gasteiger partial charge in [0.15, 0.2) is 0 Å². The molecule has 0 aliphatic carbocycles. The number of nitrogens with zero attached hydrogens (tertiary/aromatic N) is 1. The lowest BCUT2D eigenvalue weighted by Crippen LogP contribution is -2.19. The molecule has 2 heterocycles. The summed E-state index contributed by atoms with van der Waals surface area (Å²) in [4.78, 5) is 14.2. The Morgan fingerprint density at radius 3 is 2.79 bits per heavy atom. The van der Waals surface area contributed by atoms with Crippen LogP contribution in [0.5, 0.6) is 0 Å². The molecule has 2 aromatic rings. The van der Waals surface area contributed by atoms with E-state index in [1.54, 1.807) is 24.3 Å². The minimum atomic E-state index is -0.252. The van der Waals surface area contributed by atoms with Crippen LogP contribution < -0.4 is 5.43 Å². The largest absolute Gasteiger partial charge is 0.469 e. The first-order chi connectivity index (χ1) is 9.11. The van der Waals surface area contributed by atoms with E-state index in [0.29, 0.717) is 11.3 Å². The van der Waals surface area contributed by atoms with E-state index in [-0.39, 0.29) is 5.91 Å². The number of carbonyl (C=O) groups excluding carboxylic acids is 1. The van der Waals surface area contributed by atoms with E-state index in [0.717, 1.165) is 17.0 Å². The highest BCUT2D eigenvalue weighted by atomic mass is 32.1. The Morgan fingerprint density at radius 2 is 2.21 bits per heavy atom. The maximum absolute atomic E-state index is 11.8. The second kappa shape index (κ2) is 5.84. The molecule has 5 heteroatoms. The van der Waals surface area contributed by atoms with Crippen molar-refractivity contribution in [1.82, 2.24) is 5.43 Å². The quantitative estimate of drug-likeness (QED) is 0.687. The van der Waals surface area contributed by atoms with E-state index in [2.05, 4.69) is 23.5 Å². The van der Waals surface area contributed by atoms with E-state index >= 15 is 0 Å². The molecule has 1 N–H and O–H groups in total. The summed E-state index contributed by atoms with van der Waals surface area (Å²) in [5.41, 5.74) is 3.86. The molecule has 0 aliphatic heterocycles. The molecule has 0 radical (unpaired) electrons. The van der Waals surface area contributed by atoms with Crippen LogP contribution in [0.1, 0.15) is 39.7 Å². The number of hydrogen-bond acceptors (Lipinski definition) is 4. The van der Waals surface area contributed by atoms with Crippen LogP contribution in [0.4, 0.5) is 0 Å². The smallest absolute Gasteiger partial charge is 0.274 e. The van der Waals surface area contributed by atoms with Crippen LogP contribution in [0.15, 0.2) is 34.0 Å². The number of hydrogen-bond donors (Lipinski definition) is 1. The van der Waals surface area contributed by atoms with E-state index < -0.39 is 0 Å². The molecule has 0 aliphatic rings. The van der Waals surface area contributed by atoms with Gasteiger partial charge in [0.1, 0.15) is 5.76 Å². The van der Waals surface area contributed by atoms with Crippen molar-refractivity contribution in [2.45, 2.75) is 27.2 Å². The van der Waals surface area contributed by atoms with Gasteiger partial charge in [0, 0.05) is 4.88 Å². The molecule has 2 aromatic heterocycles. The van der Waals surface area contributed by atoms with Gasteiger partial charge < -0.3 is 4.42 Å². The first-order valence-corrected chi connectivity index (χ1v) is 6.91. The first kappa shape index (κ1) is 13.5. The summed E-state index contributed by atoms with van der Waals surface area (Å²) < 4.78 is 5.09. The van der Waals surface area contributed by atoms with Gasteiger partial charge in [-0.05, 0) is 38.5 Å². The van der Waals surface area contributed by atoms with Crippen LogP contribution in [0, 0.1) is 6.92 Å². The zero-order valence-electron chi connectivity index (χ0n) is 11.2. The molecule has 100 valence electrons. The molecule has 0 aromatic carbocycles. The highest BCUT2D eigenvalue weighted by molar-refractivity contribution is 7.14. The molecule has 0 bridgehead atoms. The van der Waals surface area contributed by atoms with Crippen molar-refractivity contribution in [1.29, 1.82) is 0 Å². The summed E-state index contributed by atoms with van der Waals surface area (Å²) >= 11 is 1.69. The molecule has 0 unspecified atom stereocenters. The average molecular weight is 276 g/mol. The lowest BCUT2D eigenvalue weighted by molar-refractivity contribution is 0.0953. The SMILES string of the molecule is CCc1ccc(/C(C)=N/NC(=O)c2ccoc2C)s1. The van der Waals surface area contributed by atoms with E-state index in [1.807, 2.05) is 13.0 Å². The van der Waals surface area contributed by atoms with Crippen molar-refractivity contribution >= 4 is 23.0 Å². The van der Waals surface area contributed by atoms with Crippen molar-refractivity contribution in [3.05, 3.63) is 45.5 Å². The number of aryl methyl sites for hydroxylation is 2. The number of thiophene rings is 1. The van der Waals surface area contributed by atoms with Crippen molar-refractivity contribution in [3.63, 3.8) is 0 Å². The predicted octanol–water partition coefficient (Wildman–Crippen LogP) is 3.37. The third kappa shape index (κ3) is 3.12. The fraction of sp³-hybridized carbons (Fsp3) is 0.286. The Kier molecular flexibility index (Phi) is 4.16. The number of amides is 1. The molecule has 1 amide bonds. The fourth-order valence-electron chi connectivity index (χ4n) is 1.63. The van der Waals surface area contributed by atoms with E-state index in [9.17, 15) is 4.79 Å². The third-order valence-corrected chi connectivity index (χ3v) is 4.13. The summed E-state index contributed by atoms with van der Waals surface area (Å²) in [5, 5.41) is 4.12. The van der Waals surface area contributed by atoms with Gasteiger partial charge in [-0.3, -0.25) is 4.79 Å². The second-order valence-corrected chi connectivity index (χ2v) is 5.32. The normalized spacial score (nSPS) is 11.6. The maximum Gasteiger partial charge on any atom is 0.274 e. The molecule has 2 rings (SSSR count). The van der Waals surface area contributed by atoms with Gasteiger partial charge in [0.2, 0.25) is 0 Å². The predicted molar refractivity (Wildman–Crippen MR) is 76.8 cm³/mol. The van der Waals surface area contributed by atoms with E-state index in [1.165, 1.54) is 11.1 Å². The summed E-state index contributed by atoms with van der Waals surface area (Å²) in [5.74, 6) is 0.340. The van der Waals surface area contributed by atoms with Gasteiger partial charge in [-0.2, -0.15) is 5.10 Å².